The molecule has 0 N–H and O–H groups in total. The third kappa shape index (κ3) is 2.49. The fraction of sp³-hybridized carbons (Fsp3) is 0.0909. The largest absolute Gasteiger partial charge is 0.494 e. The Morgan fingerprint density at radius 3 is 2.47 bits per heavy atom. The number of nitriles is 2. The molecule has 0 bridgehead atoms. The van der Waals surface area contributed by atoms with E-state index in [0.29, 0.717) is 10.6 Å². The van der Waals surface area contributed by atoms with Crippen LogP contribution in [0.5, 0.6) is 0 Å². The van der Waals surface area contributed by atoms with Crippen molar-refractivity contribution in [3.05, 3.63) is 40.4 Å². The van der Waals surface area contributed by atoms with Crippen LogP contribution in [-0.4, -0.2) is 7.11 Å². The Morgan fingerprint density at radius 2 is 2.00 bits per heavy atom. The molecule has 0 radical (unpaired) electrons. The van der Waals surface area contributed by atoms with E-state index in [1.807, 2.05) is 0 Å². The topological polar surface area (TPSA) is 56.8 Å². The second kappa shape index (κ2) is 5.05. The van der Waals surface area contributed by atoms with Gasteiger partial charge in [0.1, 0.15) is 12.1 Å². The molecule has 0 heterocycles. The van der Waals surface area contributed by atoms with E-state index in [2.05, 4.69) is 0 Å². The zero-order valence-corrected chi connectivity index (χ0v) is 8.75. The summed E-state index contributed by atoms with van der Waals surface area (Å²) in [5.41, 5.74) is 0.544. The molecule has 0 amide bonds. The average molecular weight is 219 g/mol. The highest BCUT2D eigenvalue weighted by Gasteiger charge is 2.09. The smallest absolute Gasteiger partial charge is 0.172 e. The van der Waals surface area contributed by atoms with Gasteiger partial charge in [-0.1, -0.05) is 23.7 Å². The molecule has 0 aromatic heterocycles. The van der Waals surface area contributed by atoms with E-state index in [1.165, 1.54) is 7.11 Å². The van der Waals surface area contributed by atoms with Crippen LogP contribution < -0.4 is 0 Å². The van der Waals surface area contributed by atoms with Crippen LogP contribution in [0.3, 0.4) is 0 Å². The maximum absolute atomic E-state index is 8.71. The molecule has 0 aliphatic rings. The first-order valence-electron chi connectivity index (χ1n) is 4.07. The van der Waals surface area contributed by atoms with Crippen LogP contribution in [0.2, 0.25) is 5.02 Å². The summed E-state index contributed by atoms with van der Waals surface area (Å²) in [4.78, 5) is 0. The maximum atomic E-state index is 8.71. The lowest BCUT2D eigenvalue weighted by Gasteiger charge is -2.05. The Morgan fingerprint density at radius 1 is 1.33 bits per heavy atom. The summed E-state index contributed by atoms with van der Waals surface area (Å²) in [6.07, 6.45) is 0. The number of benzene rings is 1. The molecule has 3 nitrogen and oxygen atoms in total. The van der Waals surface area contributed by atoms with Gasteiger partial charge in [0.2, 0.25) is 0 Å². The molecule has 4 heteroatoms. The summed E-state index contributed by atoms with van der Waals surface area (Å²) in [7, 11) is 1.41. The number of nitrogens with zero attached hydrogens (tertiary/aromatic N) is 2. The normalized spacial score (nSPS) is 8.53. The van der Waals surface area contributed by atoms with E-state index < -0.39 is 0 Å². The van der Waals surface area contributed by atoms with Gasteiger partial charge in [0.15, 0.2) is 11.3 Å². The first kappa shape index (κ1) is 11.1. The van der Waals surface area contributed by atoms with Crippen molar-refractivity contribution in [3.8, 4) is 12.1 Å². The van der Waals surface area contributed by atoms with Crippen molar-refractivity contribution < 1.29 is 4.74 Å². The standard InChI is InChI=1S/C11H7ClN2O/c1-15-11(9(6-13)7-14)8-3-2-4-10(12)5-8/h2-5H,1H3. The molecule has 0 unspecified atom stereocenters. The lowest BCUT2D eigenvalue weighted by Crippen LogP contribution is -1.91. The SMILES string of the molecule is COC(=C(C#N)C#N)c1cccc(Cl)c1. The minimum atomic E-state index is -0.0697. The van der Waals surface area contributed by atoms with E-state index in [9.17, 15) is 0 Å². The number of hydrogen-bond donors (Lipinski definition) is 0. The Balaban J connectivity index is 3.33. The van der Waals surface area contributed by atoms with Gasteiger partial charge in [-0.25, -0.2) is 0 Å². The highest BCUT2D eigenvalue weighted by Crippen LogP contribution is 2.21. The van der Waals surface area contributed by atoms with Gasteiger partial charge in [-0.15, -0.1) is 0 Å². The Hall–Kier alpha value is -1.97. The summed E-state index contributed by atoms with van der Waals surface area (Å²) in [5.74, 6) is 0.238. The fourth-order valence-electron chi connectivity index (χ4n) is 1.12. The van der Waals surface area contributed by atoms with Crippen molar-refractivity contribution >= 4 is 17.4 Å². The molecule has 1 aromatic carbocycles. The van der Waals surface area contributed by atoms with Crippen LogP contribution in [0.4, 0.5) is 0 Å². The summed E-state index contributed by atoms with van der Waals surface area (Å²) < 4.78 is 5.01. The van der Waals surface area contributed by atoms with E-state index in [4.69, 9.17) is 26.9 Å². The van der Waals surface area contributed by atoms with Gasteiger partial charge in [-0.3, -0.25) is 0 Å². The van der Waals surface area contributed by atoms with Crippen LogP contribution in [0, 0.1) is 22.7 Å². The lowest BCUT2D eigenvalue weighted by atomic mass is 10.1. The van der Waals surface area contributed by atoms with Gasteiger partial charge >= 0.3 is 0 Å². The van der Waals surface area contributed by atoms with Crippen molar-refractivity contribution in [2.75, 3.05) is 7.11 Å². The zero-order valence-electron chi connectivity index (χ0n) is 7.99. The van der Waals surface area contributed by atoms with Crippen LogP contribution in [0.1, 0.15) is 5.56 Å². The van der Waals surface area contributed by atoms with Gasteiger partial charge in [-0.05, 0) is 12.1 Å². The van der Waals surface area contributed by atoms with Crippen LogP contribution in [0.15, 0.2) is 29.8 Å². The number of halogens is 1. The van der Waals surface area contributed by atoms with E-state index in [-0.39, 0.29) is 11.3 Å². The van der Waals surface area contributed by atoms with Crippen molar-refractivity contribution in [3.63, 3.8) is 0 Å². The Labute approximate surface area is 92.8 Å². The van der Waals surface area contributed by atoms with Crippen molar-refractivity contribution in [2.24, 2.45) is 0 Å². The van der Waals surface area contributed by atoms with E-state index >= 15 is 0 Å². The zero-order chi connectivity index (χ0) is 11.3. The third-order valence-electron chi connectivity index (χ3n) is 1.74. The summed E-state index contributed by atoms with van der Waals surface area (Å²) >= 11 is 5.79. The minimum Gasteiger partial charge on any atom is -0.494 e. The van der Waals surface area contributed by atoms with Gasteiger partial charge in [0.25, 0.3) is 0 Å². The predicted octanol–water partition coefficient (Wildman–Crippen LogP) is 2.74. The molecule has 74 valence electrons. The maximum Gasteiger partial charge on any atom is 0.172 e. The molecule has 0 spiro atoms. The number of rotatable bonds is 2. The van der Waals surface area contributed by atoms with Crippen LogP contribution in [0.25, 0.3) is 5.76 Å². The molecular weight excluding hydrogens is 212 g/mol. The molecule has 0 fully saturated rings. The van der Waals surface area contributed by atoms with Gasteiger partial charge < -0.3 is 4.74 Å². The summed E-state index contributed by atoms with van der Waals surface area (Å²) in [5, 5.41) is 18.0. The number of allylic oxidation sites excluding steroid dienone is 1. The number of methoxy groups -OCH3 is 1. The molecular formula is C11H7ClN2O. The molecule has 0 aliphatic heterocycles. The number of ether oxygens (including phenoxy) is 1. The Kier molecular flexibility index (Phi) is 3.74. The highest BCUT2D eigenvalue weighted by molar-refractivity contribution is 6.30. The van der Waals surface area contributed by atoms with Crippen molar-refractivity contribution in [1.29, 1.82) is 10.5 Å². The van der Waals surface area contributed by atoms with E-state index in [1.54, 1.807) is 36.4 Å². The van der Waals surface area contributed by atoms with Crippen LogP contribution in [-0.2, 0) is 4.74 Å². The molecule has 15 heavy (non-hydrogen) atoms. The third-order valence-corrected chi connectivity index (χ3v) is 1.98. The molecule has 0 saturated carbocycles. The first-order chi connectivity index (χ1) is 7.22. The highest BCUT2D eigenvalue weighted by atomic mass is 35.5. The van der Waals surface area contributed by atoms with Gasteiger partial charge in [0, 0.05) is 10.6 Å². The fourth-order valence-corrected chi connectivity index (χ4v) is 1.31. The summed E-state index contributed by atoms with van der Waals surface area (Å²) in [6, 6.07) is 10.3. The quantitative estimate of drug-likeness (QED) is 0.567. The number of hydrogen-bond acceptors (Lipinski definition) is 3. The predicted molar refractivity (Wildman–Crippen MR) is 56.6 cm³/mol. The Bertz CT molecular complexity index is 464. The van der Waals surface area contributed by atoms with E-state index in [0.717, 1.165) is 0 Å². The van der Waals surface area contributed by atoms with Crippen LogP contribution >= 0.6 is 11.6 Å². The minimum absolute atomic E-state index is 0.0697. The second-order valence-corrected chi connectivity index (χ2v) is 3.08. The molecule has 1 aromatic rings. The first-order valence-corrected chi connectivity index (χ1v) is 4.45. The van der Waals surface area contributed by atoms with Gasteiger partial charge in [-0.2, -0.15) is 10.5 Å². The average Bonchev–Trinajstić information content (AvgIpc) is 2.25. The lowest BCUT2D eigenvalue weighted by molar-refractivity contribution is 0.369. The molecule has 0 aliphatic carbocycles. The monoisotopic (exact) mass is 218 g/mol. The van der Waals surface area contributed by atoms with Crippen molar-refractivity contribution in [2.45, 2.75) is 0 Å². The molecule has 0 atom stereocenters. The van der Waals surface area contributed by atoms with Gasteiger partial charge in [0.05, 0.1) is 7.11 Å². The van der Waals surface area contributed by atoms with Crippen molar-refractivity contribution in [1.82, 2.24) is 0 Å². The second-order valence-electron chi connectivity index (χ2n) is 2.64. The molecule has 0 saturated heterocycles. The summed E-state index contributed by atoms with van der Waals surface area (Å²) in [6.45, 7) is 0. The molecule has 1 rings (SSSR count).